The van der Waals surface area contributed by atoms with Gasteiger partial charge in [-0.25, -0.2) is 4.98 Å². The lowest BCUT2D eigenvalue weighted by Gasteiger charge is -2.26. The van der Waals surface area contributed by atoms with Crippen LogP contribution in [0.1, 0.15) is 27.2 Å². The van der Waals surface area contributed by atoms with E-state index in [0.29, 0.717) is 0 Å². The molecule has 8 heteroatoms. The van der Waals surface area contributed by atoms with Gasteiger partial charge in [-0.05, 0) is 27.2 Å². The second-order valence-electron chi connectivity index (χ2n) is 6.49. The van der Waals surface area contributed by atoms with E-state index >= 15 is 0 Å². The molecule has 0 aliphatic carbocycles. The first-order valence-electron chi connectivity index (χ1n) is 7.43. The van der Waals surface area contributed by atoms with Crippen LogP contribution in [-0.4, -0.2) is 55.8 Å². The molecule has 1 aliphatic heterocycles. The van der Waals surface area contributed by atoms with Crippen molar-refractivity contribution >= 4 is 11.5 Å². The Kier molecular flexibility index (Phi) is 3.98. The van der Waals surface area contributed by atoms with E-state index in [1.807, 2.05) is 31.4 Å². The van der Waals surface area contributed by atoms with Gasteiger partial charge in [0, 0.05) is 31.5 Å². The van der Waals surface area contributed by atoms with Gasteiger partial charge in [0.05, 0.1) is 5.60 Å². The van der Waals surface area contributed by atoms with Crippen molar-refractivity contribution in [1.82, 2.24) is 24.9 Å². The monoisotopic (exact) mass is 306 g/mol. The van der Waals surface area contributed by atoms with Crippen LogP contribution in [0.2, 0.25) is 0 Å². The SMILES string of the molecule is CC(C)(C)OC(O)N[C@H]1CCN(c2nccn3cnnc23)C1. The minimum absolute atomic E-state index is 0.141. The van der Waals surface area contributed by atoms with Gasteiger partial charge in [-0.2, -0.15) is 0 Å². The lowest BCUT2D eigenvalue weighted by Crippen LogP contribution is -2.44. The van der Waals surface area contributed by atoms with Gasteiger partial charge in [-0.15, -0.1) is 10.2 Å². The highest BCUT2D eigenvalue weighted by Gasteiger charge is 2.28. The highest BCUT2D eigenvalue weighted by atomic mass is 16.6. The zero-order chi connectivity index (χ0) is 15.7. The lowest BCUT2D eigenvalue weighted by atomic mass is 10.2. The Morgan fingerprint density at radius 2 is 2.27 bits per heavy atom. The minimum atomic E-state index is -0.971. The van der Waals surface area contributed by atoms with Crippen molar-refractivity contribution in [1.29, 1.82) is 0 Å². The number of hydrogen-bond acceptors (Lipinski definition) is 7. The molecule has 0 aromatic carbocycles. The van der Waals surface area contributed by atoms with Crippen LogP contribution in [-0.2, 0) is 4.74 Å². The molecule has 2 atom stereocenters. The molecule has 1 aliphatic rings. The fourth-order valence-corrected chi connectivity index (χ4v) is 2.63. The molecule has 2 aromatic rings. The Morgan fingerprint density at radius 3 is 3.05 bits per heavy atom. The van der Waals surface area contributed by atoms with Crippen LogP contribution >= 0.6 is 0 Å². The zero-order valence-electron chi connectivity index (χ0n) is 13.1. The van der Waals surface area contributed by atoms with Gasteiger partial charge in [0.1, 0.15) is 6.33 Å². The molecule has 22 heavy (non-hydrogen) atoms. The Balaban J connectivity index is 1.64. The molecule has 1 unspecified atom stereocenters. The summed E-state index contributed by atoms with van der Waals surface area (Å²) in [6.07, 6.45) is 5.16. The molecule has 3 rings (SSSR count). The van der Waals surface area contributed by atoms with Crippen molar-refractivity contribution in [2.45, 2.75) is 45.2 Å². The van der Waals surface area contributed by atoms with Crippen molar-refractivity contribution in [2.24, 2.45) is 0 Å². The topological polar surface area (TPSA) is 87.8 Å². The summed E-state index contributed by atoms with van der Waals surface area (Å²) in [6, 6.07) is 0.141. The molecule has 1 fully saturated rings. The molecule has 0 saturated carbocycles. The van der Waals surface area contributed by atoms with E-state index in [1.54, 1.807) is 12.5 Å². The van der Waals surface area contributed by atoms with Crippen molar-refractivity contribution in [3.63, 3.8) is 0 Å². The highest BCUT2D eigenvalue weighted by Crippen LogP contribution is 2.21. The largest absolute Gasteiger partial charge is 0.356 e. The molecule has 0 spiro atoms. The maximum Gasteiger partial charge on any atom is 0.214 e. The van der Waals surface area contributed by atoms with Gasteiger partial charge in [0.25, 0.3) is 0 Å². The number of ether oxygens (including phenoxy) is 1. The van der Waals surface area contributed by atoms with Crippen LogP contribution in [0.15, 0.2) is 18.7 Å². The summed E-state index contributed by atoms with van der Waals surface area (Å²) in [7, 11) is 0. The first kappa shape index (κ1) is 15.1. The smallest absolute Gasteiger partial charge is 0.214 e. The Morgan fingerprint density at radius 1 is 1.45 bits per heavy atom. The maximum atomic E-state index is 9.95. The molecular formula is C14H22N6O2. The van der Waals surface area contributed by atoms with E-state index in [1.165, 1.54) is 0 Å². The van der Waals surface area contributed by atoms with Crippen LogP contribution in [0.3, 0.4) is 0 Å². The molecule has 2 aromatic heterocycles. The number of hydrogen-bond donors (Lipinski definition) is 2. The molecular weight excluding hydrogens is 284 g/mol. The average Bonchev–Trinajstić information content (AvgIpc) is 3.04. The maximum absolute atomic E-state index is 9.95. The lowest BCUT2D eigenvalue weighted by molar-refractivity contribution is -0.184. The van der Waals surface area contributed by atoms with Crippen molar-refractivity contribution in [3.05, 3.63) is 18.7 Å². The molecule has 0 amide bonds. The molecule has 8 nitrogen and oxygen atoms in total. The second kappa shape index (κ2) is 5.79. The summed E-state index contributed by atoms with van der Waals surface area (Å²) in [5.41, 5.74) is 0.356. The number of aliphatic hydroxyl groups is 1. The second-order valence-corrected chi connectivity index (χ2v) is 6.49. The third-order valence-electron chi connectivity index (χ3n) is 3.53. The van der Waals surface area contributed by atoms with E-state index in [2.05, 4.69) is 25.4 Å². The quantitative estimate of drug-likeness (QED) is 0.790. The highest BCUT2D eigenvalue weighted by molar-refractivity contribution is 5.63. The van der Waals surface area contributed by atoms with Gasteiger partial charge in [0.2, 0.25) is 12.1 Å². The number of aliphatic hydroxyl groups excluding tert-OH is 1. The summed E-state index contributed by atoms with van der Waals surface area (Å²) < 4.78 is 7.33. The molecule has 0 radical (unpaired) electrons. The molecule has 3 heterocycles. The molecule has 120 valence electrons. The van der Waals surface area contributed by atoms with Crippen LogP contribution in [0.4, 0.5) is 5.82 Å². The third kappa shape index (κ3) is 3.34. The fraction of sp³-hybridized carbons (Fsp3) is 0.643. The first-order chi connectivity index (χ1) is 10.4. The summed E-state index contributed by atoms with van der Waals surface area (Å²) in [4.78, 5) is 6.56. The number of nitrogens with one attached hydrogen (secondary N) is 1. The molecule has 0 bridgehead atoms. The first-order valence-corrected chi connectivity index (χ1v) is 7.43. The van der Waals surface area contributed by atoms with E-state index in [-0.39, 0.29) is 11.6 Å². The van der Waals surface area contributed by atoms with Crippen LogP contribution in [0.5, 0.6) is 0 Å². The van der Waals surface area contributed by atoms with Crippen molar-refractivity contribution < 1.29 is 9.84 Å². The Hall–Kier alpha value is -1.77. The van der Waals surface area contributed by atoms with E-state index < -0.39 is 6.41 Å². The molecule has 1 saturated heterocycles. The third-order valence-corrected chi connectivity index (χ3v) is 3.53. The number of anilines is 1. The normalized spacial score (nSPS) is 20.7. The zero-order valence-corrected chi connectivity index (χ0v) is 13.1. The van der Waals surface area contributed by atoms with Crippen LogP contribution in [0, 0.1) is 0 Å². The van der Waals surface area contributed by atoms with Gasteiger partial charge in [-0.3, -0.25) is 9.72 Å². The number of fused-ring (bicyclic) bond motifs is 1. The van der Waals surface area contributed by atoms with Crippen LogP contribution in [0.25, 0.3) is 5.65 Å². The average molecular weight is 306 g/mol. The summed E-state index contributed by atoms with van der Waals surface area (Å²) in [5, 5.41) is 21.1. The minimum Gasteiger partial charge on any atom is -0.356 e. The van der Waals surface area contributed by atoms with Gasteiger partial charge < -0.3 is 14.7 Å². The standard InChI is InChI=1S/C14H22N6O2/c1-14(2,3)22-13(21)17-10-4-6-19(8-10)11-12-18-16-9-20(12)7-5-15-11/h5,7,9-10,13,17,21H,4,6,8H2,1-3H3/t10-,13?/m0/s1. The summed E-state index contributed by atoms with van der Waals surface area (Å²) >= 11 is 0. The summed E-state index contributed by atoms with van der Waals surface area (Å²) in [5.74, 6) is 0.815. The van der Waals surface area contributed by atoms with Gasteiger partial charge in [-0.1, -0.05) is 0 Å². The Labute approximate surface area is 129 Å². The van der Waals surface area contributed by atoms with Crippen molar-refractivity contribution in [2.75, 3.05) is 18.0 Å². The summed E-state index contributed by atoms with van der Waals surface area (Å²) in [6.45, 7) is 7.32. The predicted molar refractivity (Wildman–Crippen MR) is 81.4 cm³/mol. The van der Waals surface area contributed by atoms with Gasteiger partial charge >= 0.3 is 0 Å². The van der Waals surface area contributed by atoms with Crippen LogP contribution < -0.4 is 10.2 Å². The number of nitrogens with zero attached hydrogens (tertiary/aromatic N) is 5. The number of rotatable bonds is 4. The predicted octanol–water partition coefficient (Wildman–Crippen LogP) is 0.384. The number of aromatic nitrogens is 4. The van der Waals surface area contributed by atoms with E-state index in [4.69, 9.17) is 4.74 Å². The van der Waals surface area contributed by atoms with E-state index in [0.717, 1.165) is 31.0 Å². The molecule has 2 N–H and O–H groups in total. The van der Waals surface area contributed by atoms with Crippen molar-refractivity contribution in [3.8, 4) is 0 Å². The fourth-order valence-electron chi connectivity index (χ4n) is 2.63. The Bertz CT molecular complexity index is 638. The van der Waals surface area contributed by atoms with E-state index in [9.17, 15) is 5.11 Å². The van der Waals surface area contributed by atoms with Gasteiger partial charge in [0.15, 0.2) is 5.82 Å².